The molecule has 0 amide bonds. The minimum Gasteiger partial charge on any atom is -0.304 e. The summed E-state index contributed by atoms with van der Waals surface area (Å²) in [5.41, 5.74) is 0. The maximum atomic E-state index is 2.65. The molecule has 0 N–H and O–H groups in total. The number of nitrogens with zero attached hydrogens (tertiary/aromatic N) is 2. The van der Waals surface area contributed by atoms with E-state index in [1.807, 2.05) is 0 Å². The number of likely N-dealkylation sites (N-methyl/N-ethyl adjacent to an activating group) is 1. The fourth-order valence-corrected chi connectivity index (χ4v) is 2.14. The highest BCUT2D eigenvalue weighted by Gasteiger charge is 2.18. The Labute approximate surface area is 89.3 Å². The van der Waals surface area contributed by atoms with Gasteiger partial charge in [0.15, 0.2) is 0 Å². The zero-order chi connectivity index (χ0) is 10.4. The van der Waals surface area contributed by atoms with Crippen molar-refractivity contribution in [3.8, 4) is 0 Å². The number of piperazine rings is 1. The van der Waals surface area contributed by atoms with Crippen molar-refractivity contribution in [2.45, 2.75) is 45.6 Å². The Morgan fingerprint density at radius 2 is 1.71 bits per heavy atom. The minimum atomic E-state index is 0.801. The molecular formula is C12H26N2. The van der Waals surface area contributed by atoms with Crippen molar-refractivity contribution in [2.75, 3.05) is 33.2 Å². The van der Waals surface area contributed by atoms with Crippen LogP contribution < -0.4 is 0 Å². The number of hydrogen-bond acceptors (Lipinski definition) is 2. The molecule has 14 heavy (non-hydrogen) atoms. The average Bonchev–Trinajstić information content (AvgIpc) is 2.19. The van der Waals surface area contributed by atoms with E-state index in [0.29, 0.717) is 0 Å². The minimum absolute atomic E-state index is 0.801. The van der Waals surface area contributed by atoms with Crippen molar-refractivity contribution >= 4 is 0 Å². The molecule has 84 valence electrons. The molecule has 1 rings (SSSR count). The summed E-state index contributed by atoms with van der Waals surface area (Å²) in [6.45, 7) is 9.70. The quantitative estimate of drug-likeness (QED) is 0.625. The van der Waals surface area contributed by atoms with Gasteiger partial charge in [-0.05, 0) is 20.4 Å². The highest BCUT2D eigenvalue weighted by Crippen LogP contribution is 2.11. The van der Waals surface area contributed by atoms with Gasteiger partial charge in [0.25, 0.3) is 0 Å². The van der Waals surface area contributed by atoms with Crippen LogP contribution in [-0.2, 0) is 0 Å². The molecule has 0 aromatic rings. The van der Waals surface area contributed by atoms with Crippen LogP contribution in [0.15, 0.2) is 0 Å². The van der Waals surface area contributed by atoms with Crippen LogP contribution in [0.2, 0.25) is 0 Å². The second-order valence-electron chi connectivity index (χ2n) is 4.68. The lowest BCUT2D eigenvalue weighted by Gasteiger charge is -2.36. The molecule has 0 bridgehead atoms. The van der Waals surface area contributed by atoms with E-state index in [9.17, 15) is 0 Å². The molecule has 1 saturated heterocycles. The van der Waals surface area contributed by atoms with E-state index in [-0.39, 0.29) is 0 Å². The van der Waals surface area contributed by atoms with E-state index in [1.54, 1.807) is 0 Å². The summed E-state index contributed by atoms with van der Waals surface area (Å²) in [6, 6.07) is 0.801. The van der Waals surface area contributed by atoms with Crippen LogP contribution in [0.1, 0.15) is 39.5 Å². The maximum absolute atomic E-state index is 2.65. The van der Waals surface area contributed by atoms with Gasteiger partial charge in [0.1, 0.15) is 0 Å². The van der Waals surface area contributed by atoms with Crippen LogP contribution in [0.25, 0.3) is 0 Å². The number of unbranched alkanes of at least 4 members (excludes halogenated alkanes) is 2. The Morgan fingerprint density at radius 1 is 1.07 bits per heavy atom. The standard InChI is InChI=1S/C12H26N2/c1-4-5-6-7-12(2)14-10-8-13(3)9-11-14/h12H,4-11H2,1-3H3. The number of rotatable bonds is 5. The fraction of sp³-hybridized carbons (Fsp3) is 1.00. The zero-order valence-corrected chi connectivity index (χ0v) is 10.1. The summed E-state index contributed by atoms with van der Waals surface area (Å²) in [6.07, 6.45) is 5.54. The first kappa shape index (κ1) is 12.0. The molecule has 0 aliphatic carbocycles. The van der Waals surface area contributed by atoms with Crippen molar-refractivity contribution in [1.82, 2.24) is 9.80 Å². The molecular weight excluding hydrogens is 172 g/mol. The van der Waals surface area contributed by atoms with E-state index < -0.39 is 0 Å². The summed E-state index contributed by atoms with van der Waals surface area (Å²) < 4.78 is 0. The molecule has 2 nitrogen and oxygen atoms in total. The van der Waals surface area contributed by atoms with Gasteiger partial charge in [0, 0.05) is 32.2 Å². The van der Waals surface area contributed by atoms with Gasteiger partial charge in [-0.3, -0.25) is 4.90 Å². The molecule has 0 spiro atoms. The van der Waals surface area contributed by atoms with E-state index in [2.05, 4.69) is 30.7 Å². The lowest BCUT2D eigenvalue weighted by atomic mass is 10.1. The molecule has 2 heteroatoms. The van der Waals surface area contributed by atoms with E-state index >= 15 is 0 Å². The monoisotopic (exact) mass is 198 g/mol. The SMILES string of the molecule is CCCCCC(C)N1CCN(C)CC1. The third kappa shape index (κ3) is 3.97. The summed E-state index contributed by atoms with van der Waals surface area (Å²) in [4.78, 5) is 5.07. The molecule has 1 fully saturated rings. The second kappa shape index (κ2) is 6.41. The summed E-state index contributed by atoms with van der Waals surface area (Å²) >= 11 is 0. The van der Waals surface area contributed by atoms with Gasteiger partial charge in [-0.15, -0.1) is 0 Å². The van der Waals surface area contributed by atoms with Crippen molar-refractivity contribution in [3.05, 3.63) is 0 Å². The smallest absolute Gasteiger partial charge is 0.0113 e. The van der Waals surface area contributed by atoms with Crippen LogP contribution in [0.3, 0.4) is 0 Å². The zero-order valence-electron chi connectivity index (χ0n) is 10.1. The first-order chi connectivity index (χ1) is 6.74. The van der Waals surface area contributed by atoms with E-state index in [1.165, 1.54) is 51.9 Å². The topological polar surface area (TPSA) is 6.48 Å². The molecule has 0 aromatic heterocycles. The Bertz CT molecular complexity index is 139. The lowest BCUT2D eigenvalue weighted by Crippen LogP contribution is -2.48. The predicted molar refractivity (Wildman–Crippen MR) is 62.7 cm³/mol. The van der Waals surface area contributed by atoms with E-state index in [4.69, 9.17) is 0 Å². The molecule has 0 radical (unpaired) electrons. The molecule has 0 aromatic carbocycles. The molecule has 1 aliphatic rings. The molecule has 1 atom stereocenters. The van der Waals surface area contributed by atoms with Gasteiger partial charge < -0.3 is 4.90 Å². The third-order valence-electron chi connectivity index (χ3n) is 3.39. The first-order valence-electron chi connectivity index (χ1n) is 6.16. The largest absolute Gasteiger partial charge is 0.304 e. The molecule has 0 saturated carbocycles. The number of hydrogen-bond donors (Lipinski definition) is 0. The Balaban J connectivity index is 2.13. The van der Waals surface area contributed by atoms with Crippen molar-refractivity contribution in [2.24, 2.45) is 0 Å². The predicted octanol–water partition coefficient (Wildman–Crippen LogP) is 2.20. The van der Waals surface area contributed by atoms with Crippen LogP contribution in [-0.4, -0.2) is 49.1 Å². The van der Waals surface area contributed by atoms with Gasteiger partial charge in [-0.2, -0.15) is 0 Å². The summed E-state index contributed by atoms with van der Waals surface area (Å²) in [5.74, 6) is 0. The summed E-state index contributed by atoms with van der Waals surface area (Å²) in [5, 5.41) is 0. The first-order valence-corrected chi connectivity index (χ1v) is 6.16. The molecule has 1 heterocycles. The van der Waals surface area contributed by atoms with Crippen molar-refractivity contribution < 1.29 is 0 Å². The maximum Gasteiger partial charge on any atom is 0.0113 e. The highest BCUT2D eigenvalue weighted by atomic mass is 15.3. The summed E-state index contributed by atoms with van der Waals surface area (Å²) in [7, 11) is 2.22. The van der Waals surface area contributed by atoms with Gasteiger partial charge >= 0.3 is 0 Å². The van der Waals surface area contributed by atoms with Gasteiger partial charge in [-0.25, -0.2) is 0 Å². The van der Waals surface area contributed by atoms with Crippen LogP contribution in [0, 0.1) is 0 Å². The van der Waals surface area contributed by atoms with Gasteiger partial charge in [0.05, 0.1) is 0 Å². The van der Waals surface area contributed by atoms with Gasteiger partial charge in [0.2, 0.25) is 0 Å². The van der Waals surface area contributed by atoms with Crippen LogP contribution >= 0.6 is 0 Å². The Morgan fingerprint density at radius 3 is 2.29 bits per heavy atom. The normalized spacial score (nSPS) is 22.5. The van der Waals surface area contributed by atoms with Gasteiger partial charge in [-0.1, -0.05) is 26.2 Å². The Kier molecular flexibility index (Phi) is 5.49. The molecule has 1 aliphatic heterocycles. The fourth-order valence-electron chi connectivity index (χ4n) is 2.14. The lowest BCUT2D eigenvalue weighted by molar-refractivity contribution is 0.113. The van der Waals surface area contributed by atoms with Crippen molar-refractivity contribution in [1.29, 1.82) is 0 Å². The highest BCUT2D eigenvalue weighted by molar-refractivity contribution is 4.74. The second-order valence-corrected chi connectivity index (χ2v) is 4.68. The van der Waals surface area contributed by atoms with E-state index in [0.717, 1.165) is 6.04 Å². The average molecular weight is 198 g/mol. The van der Waals surface area contributed by atoms with Crippen LogP contribution in [0.4, 0.5) is 0 Å². The van der Waals surface area contributed by atoms with Crippen molar-refractivity contribution in [3.63, 3.8) is 0 Å². The molecule has 1 unspecified atom stereocenters. The van der Waals surface area contributed by atoms with Crippen LogP contribution in [0.5, 0.6) is 0 Å². The Hall–Kier alpha value is -0.0800. The third-order valence-corrected chi connectivity index (χ3v) is 3.39.